The minimum absolute atomic E-state index is 0.215. The van der Waals surface area contributed by atoms with Crippen LogP contribution in [-0.4, -0.2) is 13.0 Å². The van der Waals surface area contributed by atoms with Crippen molar-refractivity contribution in [3.05, 3.63) is 65.0 Å². The highest BCUT2D eigenvalue weighted by molar-refractivity contribution is 6.07. The number of ether oxygens (including phenoxy) is 1. The number of carbonyl (C=O) groups excluding carboxylic acids is 1. The van der Waals surface area contributed by atoms with E-state index in [2.05, 4.69) is 5.32 Å². The fraction of sp³-hybridized carbons (Fsp3) is 0.133. The molecular formula is C15H10F3NO2. The van der Waals surface area contributed by atoms with Crippen LogP contribution in [0, 0.1) is 17.5 Å². The Kier molecular flexibility index (Phi) is 2.98. The van der Waals surface area contributed by atoms with Gasteiger partial charge in [0.05, 0.1) is 11.3 Å². The topological polar surface area (TPSA) is 38.3 Å². The number of rotatable bonds is 2. The van der Waals surface area contributed by atoms with Crippen molar-refractivity contribution in [2.45, 2.75) is 5.60 Å². The Morgan fingerprint density at radius 1 is 1.00 bits per heavy atom. The molecule has 0 aromatic heterocycles. The minimum Gasteiger partial charge on any atom is -0.359 e. The Hall–Kier alpha value is -2.34. The van der Waals surface area contributed by atoms with Crippen molar-refractivity contribution in [1.29, 1.82) is 0 Å². The van der Waals surface area contributed by atoms with Gasteiger partial charge in [-0.05, 0) is 29.8 Å². The second kappa shape index (κ2) is 4.60. The van der Waals surface area contributed by atoms with Crippen LogP contribution in [0.4, 0.5) is 18.9 Å². The Labute approximate surface area is 118 Å². The summed E-state index contributed by atoms with van der Waals surface area (Å²) in [5, 5.41) is 2.29. The molecule has 0 aliphatic carbocycles. The van der Waals surface area contributed by atoms with E-state index in [-0.39, 0.29) is 16.8 Å². The number of halogens is 3. The summed E-state index contributed by atoms with van der Waals surface area (Å²) < 4.78 is 46.3. The summed E-state index contributed by atoms with van der Waals surface area (Å²) in [4.78, 5) is 12.3. The molecule has 1 aliphatic rings. The van der Waals surface area contributed by atoms with Crippen molar-refractivity contribution in [3.63, 3.8) is 0 Å². The first-order valence-electron chi connectivity index (χ1n) is 6.12. The molecular weight excluding hydrogens is 283 g/mol. The van der Waals surface area contributed by atoms with E-state index in [1.165, 1.54) is 19.2 Å². The van der Waals surface area contributed by atoms with Gasteiger partial charge in [-0.25, -0.2) is 13.2 Å². The smallest absolute Gasteiger partial charge is 0.266 e. The maximum atomic E-state index is 14.2. The van der Waals surface area contributed by atoms with Gasteiger partial charge in [0, 0.05) is 7.11 Å². The molecule has 21 heavy (non-hydrogen) atoms. The predicted molar refractivity (Wildman–Crippen MR) is 69.2 cm³/mol. The average Bonchev–Trinajstić information content (AvgIpc) is 2.78. The van der Waals surface area contributed by atoms with Gasteiger partial charge in [0.15, 0.2) is 0 Å². The van der Waals surface area contributed by atoms with Crippen LogP contribution in [0.5, 0.6) is 0 Å². The van der Waals surface area contributed by atoms with Crippen LogP contribution in [-0.2, 0) is 15.1 Å². The number of benzene rings is 2. The van der Waals surface area contributed by atoms with Crippen molar-refractivity contribution in [1.82, 2.24) is 0 Å². The molecule has 1 N–H and O–H groups in total. The van der Waals surface area contributed by atoms with Crippen LogP contribution in [0.15, 0.2) is 36.4 Å². The molecule has 1 atom stereocenters. The third-order valence-corrected chi connectivity index (χ3v) is 3.57. The van der Waals surface area contributed by atoms with Crippen molar-refractivity contribution >= 4 is 11.6 Å². The molecule has 2 aromatic rings. The summed E-state index contributed by atoms with van der Waals surface area (Å²) in [5.74, 6) is -2.78. The van der Waals surface area contributed by atoms with Crippen LogP contribution in [0.3, 0.4) is 0 Å². The molecule has 0 saturated heterocycles. The van der Waals surface area contributed by atoms with Gasteiger partial charge in [-0.2, -0.15) is 0 Å². The third kappa shape index (κ3) is 1.76. The summed E-state index contributed by atoms with van der Waals surface area (Å²) >= 11 is 0. The highest BCUT2D eigenvalue weighted by atomic mass is 19.1. The van der Waals surface area contributed by atoms with Crippen LogP contribution in [0.25, 0.3) is 0 Å². The molecule has 1 heterocycles. The van der Waals surface area contributed by atoms with E-state index in [0.29, 0.717) is 0 Å². The number of amides is 1. The number of hydrogen-bond acceptors (Lipinski definition) is 2. The predicted octanol–water partition coefficient (Wildman–Crippen LogP) is 2.95. The summed E-state index contributed by atoms with van der Waals surface area (Å²) in [6, 6.07) is 6.70. The fourth-order valence-corrected chi connectivity index (χ4v) is 2.61. The largest absolute Gasteiger partial charge is 0.359 e. The normalized spacial score (nSPS) is 20.3. The van der Waals surface area contributed by atoms with E-state index in [9.17, 15) is 18.0 Å². The van der Waals surface area contributed by atoms with Crippen LogP contribution < -0.4 is 5.32 Å². The van der Waals surface area contributed by atoms with Gasteiger partial charge in [-0.3, -0.25) is 4.79 Å². The first kappa shape index (κ1) is 13.6. The third-order valence-electron chi connectivity index (χ3n) is 3.57. The van der Waals surface area contributed by atoms with E-state index in [1.54, 1.807) is 0 Å². The lowest BCUT2D eigenvalue weighted by Gasteiger charge is -2.26. The zero-order chi connectivity index (χ0) is 15.2. The van der Waals surface area contributed by atoms with Crippen molar-refractivity contribution in [2.24, 2.45) is 0 Å². The number of nitrogens with one attached hydrogen (secondary N) is 1. The number of methoxy groups -OCH3 is 1. The summed E-state index contributed by atoms with van der Waals surface area (Å²) in [6.07, 6.45) is 0. The van der Waals surface area contributed by atoms with E-state index in [0.717, 1.165) is 24.3 Å². The second-order valence-electron chi connectivity index (χ2n) is 4.63. The van der Waals surface area contributed by atoms with Gasteiger partial charge in [0.1, 0.15) is 17.5 Å². The Balaban J connectivity index is 2.32. The molecule has 0 spiro atoms. The van der Waals surface area contributed by atoms with Crippen LogP contribution >= 0.6 is 0 Å². The van der Waals surface area contributed by atoms with Gasteiger partial charge in [0.2, 0.25) is 5.60 Å². The molecule has 1 amide bonds. The number of hydrogen-bond donors (Lipinski definition) is 1. The first-order chi connectivity index (χ1) is 10.0. The second-order valence-corrected chi connectivity index (χ2v) is 4.63. The monoisotopic (exact) mass is 293 g/mol. The van der Waals surface area contributed by atoms with E-state index < -0.39 is 29.0 Å². The highest BCUT2D eigenvalue weighted by Gasteiger charge is 2.52. The molecule has 2 aromatic carbocycles. The van der Waals surface area contributed by atoms with Crippen LogP contribution in [0.2, 0.25) is 0 Å². The van der Waals surface area contributed by atoms with Crippen LogP contribution in [0.1, 0.15) is 11.1 Å². The number of carbonyl (C=O) groups is 1. The maximum Gasteiger partial charge on any atom is 0.266 e. The molecule has 0 fully saturated rings. The molecule has 0 saturated carbocycles. The average molecular weight is 293 g/mol. The maximum absolute atomic E-state index is 14.2. The molecule has 1 unspecified atom stereocenters. The Morgan fingerprint density at radius 3 is 2.24 bits per heavy atom. The van der Waals surface area contributed by atoms with Gasteiger partial charge in [0.25, 0.3) is 5.91 Å². The van der Waals surface area contributed by atoms with E-state index >= 15 is 0 Å². The lowest BCUT2D eigenvalue weighted by Crippen LogP contribution is -2.38. The Morgan fingerprint density at radius 2 is 1.62 bits per heavy atom. The van der Waals surface area contributed by atoms with Crippen molar-refractivity contribution in [3.8, 4) is 0 Å². The molecule has 6 heteroatoms. The minimum atomic E-state index is -1.84. The lowest BCUT2D eigenvalue weighted by molar-refractivity contribution is -0.132. The highest BCUT2D eigenvalue weighted by Crippen LogP contribution is 2.45. The molecule has 3 rings (SSSR count). The SMILES string of the molecule is COC1(c2ccc(F)cc2)C(=O)Nc2c(F)ccc(F)c21. The fourth-order valence-electron chi connectivity index (χ4n) is 2.61. The first-order valence-corrected chi connectivity index (χ1v) is 6.12. The van der Waals surface area contributed by atoms with Gasteiger partial charge in [-0.1, -0.05) is 12.1 Å². The van der Waals surface area contributed by atoms with Gasteiger partial charge in [-0.15, -0.1) is 0 Å². The van der Waals surface area contributed by atoms with E-state index in [4.69, 9.17) is 4.74 Å². The van der Waals surface area contributed by atoms with Crippen molar-refractivity contribution < 1.29 is 22.7 Å². The number of fused-ring (bicyclic) bond motifs is 1. The van der Waals surface area contributed by atoms with Crippen molar-refractivity contribution in [2.75, 3.05) is 12.4 Å². The Bertz CT molecular complexity index is 730. The van der Waals surface area contributed by atoms with E-state index in [1.807, 2.05) is 0 Å². The quantitative estimate of drug-likeness (QED) is 0.924. The zero-order valence-corrected chi connectivity index (χ0v) is 10.9. The summed E-state index contributed by atoms with van der Waals surface area (Å²) in [6.45, 7) is 0. The molecule has 108 valence electrons. The standard InChI is InChI=1S/C15H10F3NO2/c1-21-15(8-2-4-9(16)5-3-8)12-10(17)6-7-11(18)13(12)19-14(15)20/h2-7H,1H3,(H,19,20). The van der Waals surface area contributed by atoms with Gasteiger partial charge >= 0.3 is 0 Å². The number of anilines is 1. The zero-order valence-electron chi connectivity index (χ0n) is 10.9. The lowest BCUT2D eigenvalue weighted by atomic mass is 9.86. The molecule has 0 radical (unpaired) electrons. The summed E-state index contributed by atoms with van der Waals surface area (Å²) in [5.41, 5.74) is -2.12. The van der Waals surface area contributed by atoms with Gasteiger partial charge < -0.3 is 10.1 Å². The molecule has 0 bridgehead atoms. The molecule has 1 aliphatic heterocycles. The molecule has 3 nitrogen and oxygen atoms in total. The summed E-state index contributed by atoms with van der Waals surface area (Å²) in [7, 11) is 1.21.